The molecule has 21 heavy (non-hydrogen) atoms. The van der Waals surface area contributed by atoms with E-state index in [9.17, 15) is 9.59 Å². The van der Waals surface area contributed by atoms with Gasteiger partial charge < -0.3 is 20.1 Å². The maximum Gasteiger partial charge on any atom is 0.342 e. The van der Waals surface area contributed by atoms with Crippen LogP contribution >= 0.6 is 0 Å². The maximum absolute atomic E-state index is 12.0. The summed E-state index contributed by atoms with van der Waals surface area (Å²) in [6.45, 7) is 1.22. The quantitative estimate of drug-likeness (QED) is 0.671. The molecular formula is C15H20N2O4. The lowest BCUT2D eigenvalue weighted by Gasteiger charge is -2.26. The number of ether oxygens (including phenoxy) is 2. The fourth-order valence-corrected chi connectivity index (χ4v) is 2.38. The zero-order chi connectivity index (χ0) is 15.2. The second-order valence-electron chi connectivity index (χ2n) is 4.95. The van der Waals surface area contributed by atoms with Crippen molar-refractivity contribution in [1.82, 2.24) is 4.90 Å². The van der Waals surface area contributed by atoms with Crippen molar-refractivity contribution < 1.29 is 19.1 Å². The number of carbonyl (C=O) groups is 2. The molecule has 1 heterocycles. The van der Waals surface area contributed by atoms with Gasteiger partial charge in [0.05, 0.1) is 12.8 Å². The predicted molar refractivity (Wildman–Crippen MR) is 78.1 cm³/mol. The van der Waals surface area contributed by atoms with Gasteiger partial charge in [-0.3, -0.25) is 4.79 Å². The Morgan fingerprint density at radius 2 is 1.95 bits per heavy atom. The molecule has 1 aromatic carbocycles. The summed E-state index contributed by atoms with van der Waals surface area (Å²) in [4.78, 5) is 25.7. The highest BCUT2D eigenvalue weighted by Crippen LogP contribution is 2.26. The molecule has 0 unspecified atom stereocenters. The van der Waals surface area contributed by atoms with Crippen molar-refractivity contribution in [3.63, 3.8) is 0 Å². The van der Waals surface area contributed by atoms with Crippen molar-refractivity contribution in [2.45, 2.75) is 19.3 Å². The van der Waals surface area contributed by atoms with Crippen molar-refractivity contribution in [1.29, 1.82) is 0 Å². The minimum absolute atomic E-state index is 0.161. The molecule has 0 spiro atoms. The number of para-hydroxylation sites is 1. The van der Waals surface area contributed by atoms with E-state index in [0.717, 1.165) is 32.4 Å². The van der Waals surface area contributed by atoms with Gasteiger partial charge in [0.1, 0.15) is 5.56 Å². The molecule has 2 N–H and O–H groups in total. The molecule has 6 heteroatoms. The summed E-state index contributed by atoms with van der Waals surface area (Å²) < 4.78 is 10.2. The number of amides is 1. The van der Waals surface area contributed by atoms with E-state index in [1.807, 2.05) is 0 Å². The number of nitrogens with zero attached hydrogens (tertiary/aromatic N) is 1. The van der Waals surface area contributed by atoms with Crippen molar-refractivity contribution >= 4 is 17.6 Å². The fourth-order valence-electron chi connectivity index (χ4n) is 2.38. The van der Waals surface area contributed by atoms with Gasteiger partial charge in [0.25, 0.3) is 5.91 Å². The number of carbonyl (C=O) groups excluding carboxylic acids is 2. The number of esters is 1. The molecule has 1 amide bonds. The summed E-state index contributed by atoms with van der Waals surface area (Å²) in [7, 11) is 1.43. The Balaban J connectivity index is 1.95. The van der Waals surface area contributed by atoms with Crippen LogP contribution in [-0.2, 0) is 9.53 Å². The SMILES string of the molecule is COc1c(N)cccc1C(=O)OCC(=O)N1CCCCC1. The van der Waals surface area contributed by atoms with Gasteiger partial charge in [0.15, 0.2) is 12.4 Å². The first kappa shape index (κ1) is 15.2. The lowest BCUT2D eigenvalue weighted by atomic mass is 10.1. The third kappa shape index (κ3) is 3.65. The lowest BCUT2D eigenvalue weighted by molar-refractivity contribution is -0.135. The molecule has 2 rings (SSSR count). The summed E-state index contributed by atoms with van der Waals surface area (Å²) in [5.74, 6) is -0.497. The molecule has 0 atom stereocenters. The minimum atomic E-state index is -0.607. The normalized spacial score (nSPS) is 14.6. The largest absolute Gasteiger partial charge is 0.494 e. The second-order valence-corrected chi connectivity index (χ2v) is 4.95. The number of benzene rings is 1. The maximum atomic E-state index is 12.0. The van der Waals surface area contributed by atoms with Crippen molar-refractivity contribution in [3.05, 3.63) is 23.8 Å². The van der Waals surface area contributed by atoms with E-state index in [1.54, 1.807) is 23.1 Å². The Labute approximate surface area is 123 Å². The molecule has 6 nitrogen and oxygen atoms in total. The Kier molecular flexibility index (Phi) is 5.03. The number of methoxy groups -OCH3 is 1. The molecule has 1 aromatic rings. The molecule has 1 aliphatic rings. The first-order valence-electron chi connectivity index (χ1n) is 7.01. The van der Waals surface area contributed by atoms with E-state index in [1.165, 1.54) is 7.11 Å². The number of anilines is 1. The van der Waals surface area contributed by atoms with Crippen molar-refractivity contribution in [2.75, 3.05) is 32.5 Å². The van der Waals surface area contributed by atoms with Crippen LogP contribution in [0.1, 0.15) is 29.6 Å². The molecule has 0 saturated carbocycles. The first-order chi connectivity index (χ1) is 10.1. The highest BCUT2D eigenvalue weighted by Gasteiger charge is 2.20. The summed E-state index contributed by atoms with van der Waals surface area (Å²) >= 11 is 0. The standard InChI is InChI=1S/C15H20N2O4/c1-20-14-11(6-5-7-12(14)16)15(19)21-10-13(18)17-8-3-2-4-9-17/h5-7H,2-4,8-10,16H2,1H3. The molecule has 0 radical (unpaired) electrons. The first-order valence-corrected chi connectivity index (χ1v) is 7.01. The van der Waals surface area contributed by atoms with Crippen LogP contribution in [0.3, 0.4) is 0 Å². The van der Waals surface area contributed by atoms with Gasteiger partial charge in [-0.1, -0.05) is 6.07 Å². The third-order valence-electron chi connectivity index (χ3n) is 3.51. The van der Waals surface area contributed by atoms with E-state index in [4.69, 9.17) is 15.2 Å². The summed E-state index contributed by atoms with van der Waals surface area (Å²) in [6, 6.07) is 4.83. The molecule has 0 bridgehead atoms. The summed E-state index contributed by atoms with van der Waals surface area (Å²) in [5.41, 5.74) is 6.32. The zero-order valence-electron chi connectivity index (χ0n) is 12.1. The predicted octanol–water partition coefficient (Wildman–Crippen LogP) is 1.45. The fraction of sp³-hybridized carbons (Fsp3) is 0.467. The number of hydrogen-bond donors (Lipinski definition) is 1. The number of likely N-dealkylation sites (tertiary alicyclic amines) is 1. The van der Waals surface area contributed by atoms with Crippen molar-refractivity contribution in [2.24, 2.45) is 0 Å². The van der Waals surface area contributed by atoms with Crippen LogP contribution in [0.4, 0.5) is 5.69 Å². The molecule has 0 aromatic heterocycles. The lowest BCUT2D eigenvalue weighted by Crippen LogP contribution is -2.38. The van der Waals surface area contributed by atoms with E-state index in [0.29, 0.717) is 5.69 Å². The number of hydrogen-bond acceptors (Lipinski definition) is 5. The van der Waals surface area contributed by atoms with E-state index < -0.39 is 5.97 Å². The highest BCUT2D eigenvalue weighted by molar-refractivity contribution is 5.95. The molecule has 0 aliphatic carbocycles. The average molecular weight is 292 g/mol. The summed E-state index contributed by atoms with van der Waals surface area (Å²) in [6.07, 6.45) is 3.15. The third-order valence-corrected chi connectivity index (χ3v) is 3.51. The van der Waals surface area contributed by atoms with Gasteiger partial charge >= 0.3 is 5.97 Å². The Hall–Kier alpha value is -2.24. The van der Waals surface area contributed by atoms with Gasteiger partial charge in [-0.25, -0.2) is 4.79 Å². The van der Waals surface area contributed by atoms with Crippen LogP contribution in [0.5, 0.6) is 5.75 Å². The zero-order valence-corrected chi connectivity index (χ0v) is 12.1. The molecule has 1 saturated heterocycles. The number of nitrogens with two attached hydrogens (primary N) is 1. The van der Waals surface area contributed by atoms with Gasteiger partial charge in [-0.2, -0.15) is 0 Å². The van der Waals surface area contributed by atoms with Crippen LogP contribution in [0.15, 0.2) is 18.2 Å². The van der Waals surface area contributed by atoms with Gasteiger partial charge in [-0.15, -0.1) is 0 Å². The Bertz CT molecular complexity index is 524. The van der Waals surface area contributed by atoms with Crippen LogP contribution in [-0.4, -0.2) is 43.6 Å². The average Bonchev–Trinajstić information content (AvgIpc) is 2.52. The monoisotopic (exact) mass is 292 g/mol. The minimum Gasteiger partial charge on any atom is -0.494 e. The Morgan fingerprint density at radius 3 is 2.62 bits per heavy atom. The van der Waals surface area contributed by atoms with Gasteiger partial charge in [0.2, 0.25) is 0 Å². The van der Waals surface area contributed by atoms with Crippen LogP contribution in [0, 0.1) is 0 Å². The van der Waals surface area contributed by atoms with E-state index in [2.05, 4.69) is 0 Å². The molecule has 1 aliphatic heterocycles. The number of piperidine rings is 1. The van der Waals surface area contributed by atoms with Gasteiger partial charge in [0, 0.05) is 13.1 Å². The van der Waals surface area contributed by atoms with Crippen LogP contribution in [0.25, 0.3) is 0 Å². The van der Waals surface area contributed by atoms with E-state index >= 15 is 0 Å². The van der Waals surface area contributed by atoms with Gasteiger partial charge in [-0.05, 0) is 31.4 Å². The Morgan fingerprint density at radius 1 is 1.24 bits per heavy atom. The molecule has 114 valence electrons. The smallest absolute Gasteiger partial charge is 0.342 e. The molecular weight excluding hydrogens is 272 g/mol. The number of nitrogen functional groups attached to an aromatic ring is 1. The molecule has 1 fully saturated rings. The second kappa shape index (κ2) is 6.97. The van der Waals surface area contributed by atoms with Crippen molar-refractivity contribution in [3.8, 4) is 5.75 Å². The summed E-state index contributed by atoms with van der Waals surface area (Å²) in [5, 5.41) is 0. The van der Waals surface area contributed by atoms with E-state index in [-0.39, 0.29) is 23.8 Å². The topological polar surface area (TPSA) is 81.9 Å². The highest BCUT2D eigenvalue weighted by atomic mass is 16.5. The van der Waals surface area contributed by atoms with Crippen LogP contribution in [0.2, 0.25) is 0 Å². The van der Waals surface area contributed by atoms with Crippen LogP contribution < -0.4 is 10.5 Å². The number of rotatable bonds is 4.